The van der Waals surface area contributed by atoms with Crippen LogP contribution in [0.5, 0.6) is 0 Å². The molecule has 586 valence electrons. The summed E-state index contributed by atoms with van der Waals surface area (Å²) in [6.45, 7) is 14.8. The average molecular weight is 1640 g/mol. The van der Waals surface area contributed by atoms with Crippen LogP contribution in [0.15, 0.2) is 158 Å². The van der Waals surface area contributed by atoms with Gasteiger partial charge in [0.15, 0.2) is 69.5 Å². The second-order valence-corrected chi connectivity index (χ2v) is 33.4. The molecular weight excluding hydrogens is 1560 g/mol. The highest BCUT2D eigenvalue weighted by Crippen LogP contribution is 2.40. The number of Topliss-reactive ketones (excluding diaryl/α,β-unsaturated/α-hetero) is 1. The third-order valence-corrected chi connectivity index (χ3v) is 23.7. The first-order valence-electron chi connectivity index (χ1n) is 35.8. The number of aryl methyl sites for hydroxylation is 2. The molecule has 4 fully saturated rings. The zero-order valence-corrected chi connectivity index (χ0v) is 65.2. The molecule has 4 saturated carbocycles. The molecule has 8 aromatic heterocycles. The summed E-state index contributed by atoms with van der Waals surface area (Å²) >= 11 is 23.6. The van der Waals surface area contributed by atoms with E-state index in [1.807, 2.05) is 13.8 Å². The Balaban J connectivity index is 0.000000156. The van der Waals surface area contributed by atoms with Crippen molar-refractivity contribution in [2.24, 2.45) is 0 Å². The van der Waals surface area contributed by atoms with Gasteiger partial charge in [-0.1, -0.05) is 76.8 Å². The quantitative estimate of drug-likeness (QED) is 0.0212. The number of hydrogen-bond acceptors (Lipinski definition) is 22. The van der Waals surface area contributed by atoms with Gasteiger partial charge in [0, 0.05) is 83.7 Å². The van der Waals surface area contributed by atoms with Gasteiger partial charge in [0.1, 0.15) is 5.78 Å². The van der Waals surface area contributed by atoms with E-state index in [0.29, 0.717) is 96.2 Å². The minimum absolute atomic E-state index is 0.000984. The standard InChI is InChI=1S/2C27H27ClFN5O3S.C13H17ClFN3O.C10H11ClFN3O/c2*1-3-10-27(35)11-4-5-19(13-27)32-25-23(29)15-30-24(33-25)22-16-34(26-21(22)12-18(28)14-31-26)38(36,37)20-8-6-17(2)7-9-20;1-2-5-13(19)6-3-4-9(7-13)17-11-10(15)8-16-12(14)18-11;11-10-13-5-8(12)9(15-10)14-6-2-1-3-7(16)4-6/h2*3,6-9,12,14-16,19,35H,1,4-5,10-11,13H2,2H3,(H,30,32,33);2,8-9,19H,1,3-7H2,(H,16,17,18);5-6H,1-4H2,(H,13,14,15)/t2*19?,27-;;/m10../s1. The molecule has 8 heterocycles. The molecule has 10 aromatic rings. The molecule has 0 spiro atoms. The lowest BCUT2D eigenvalue weighted by molar-refractivity contribution is -0.120. The fraction of sp³-hybridized carbons (Fsp3) is 0.364. The Morgan fingerprint density at radius 3 is 1.17 bits per heavy atom. The average Bonchev–Trinajstić information content (AvgIpc) is 1.61. The van der Waals surface area contributed by atoms with Crippen LogP contribution in [0.3, 0.4) is 0 Å². The Labute approximate surface area is 659 Å². The second-order valence-electron chi connectivity index (χ2n) is 28.3. The van der Waals surface area contributed by atoms with E-state index in [1.165, 1.54) is 49.1 Å². The van der Waals surface area contributed by atoms with Gasteiger partial charge in [0.25, 0.3) is 20.0 Å². The van der Waals surface area contributed by atoms with E-state index < -0.39 is 60.1 Å². The summed E-state index contributed by atoms with van der Waals surface area (Å²) in [6, 6.07) is 15.6. The minimum atomic E-state index is -4.01. The van der Waals surface area contributed by atoms with Gasteiger partial charge in [-0.15, -0.1) is 19.7 Å². The maximum absolute atomic E-state index is 14.8. The van der Waals surface area contributed by atoms with Gasteiger partial charge in [0.2, 0.25) is 10.6 Å². The van der Waals surface area contributed by atoms with E-state index in [2.05, 4.69) is 90.8 Å². The van der Waals surface area contributed by atoms with Crippen LogP contribution in [-0.4, -0.2) is 137 Å². The summed E-state index contributed by atoms with van der Waals surface area (Å²) < 4.78 is 113. The SMILES string of the molecule is C=CCC1(O)CCCC(Nc2nc(Cl)ncc2F)C1.C=CC[C@@]1(O)CCCC(Nc2nc(-c3cn(S(=O)(=O)c4ccc(C)cc4)c4ncc(Cl)cc34)ncc2F)C1.C=CC[C@]1(O)CCCC(Nc2nc(-c3cn(S(=O)(=O)c4ccc(C)cc4)c4ncc(Cl)cc34)ncc2F)C1.O=C1CCCC(Nc2nc(Cl)ncc2F)C1. The number of carbonyl (C=O) groups is 1. The van der Waals surface area contributed by atoms with E-state index in [0.717, 1.165) is 102 Å². The molecule has 0 radical (unpaired) electrons. The lowest BCUT2D eigenvalue weighted by atomic mass is 9.80. The van der Waals surface area contributed by atoms with Crippen LogP contribution in [-0.2, 0) is 24.8 Å². The first kappa shape index (κ1) is 82.8. The predicted octanol–water partition coefficient (Wildman–Crippen LogP) is 16.1. The van der Waals surface area contributed by atoms with Crippen LogP contribution >= 0.6 is 46.4 Å². The monoisotopic (exact) mass is 1640 g/mol. The van der Waals surface area contributed by atoms with Crippen molar-refractivity contribution in [3.8, 4) is 22.8 Å². The van der Waals surface area contributed by atoms with Crippen LogP contribution in [0.1, 0.15) is 133 Å². The zero-order valence-electron chi connectivity index (χ0n) is 60.6. The van der Waals surface area contributed by atoms with Crippen molar-refractivity contribution in [3.63, 3.8) is 0 Å². The van der Waals surface area contributed by atoms with Crippen LogP contribution in [0.2, 0.25) is 20.6 Å². The number of hydrogen-bond donors (Lipinski definition) is 7. The molecule has 2 aromatic carbocycles. The number of ketones is 1. The topological polar surface area (TPSA) is 333 Å². The largest absolute Gasteiger partial charge is 0.389 e. The summed E-state index contributed by atoms with van der Waals surface area (Å²) in [7, 11) is -8.02. The highest BCUT2D eigenvalue weighted by Gasteiger charge is 2.37. The third-order valence-electron chi connectivity index (χ3n) is 19.6. The lowest BCUT2D eigenvalue weighted by Crippen LogP contribution is -2.40. The second kappa shape index (κ2) is 35.7. The maximum atomic E-state index is 14.8. The van der Waals surface area contributed by atoms with Crippen LogP contribution in [0.4, 0.5) is 40.8 Å². The first-order chi connectivity index (χ1) is 52.9. The Morgan fingerprint density at radius 1 is 0.486 bits per heavy atom. The minimum Gasteiger partial charge on any atom is -0.389 e. The normalized spacial score (nSPS) is 21.3. The van der Waals surface area contributed by atoms with Crippen molar-refractivity contribution in [1.82, 2.24) is 57.8 Å². The molecule has 7 N–H and O–H groups in total. The number of benzene rings is 2. The molecule has 7 atom stereocenters. The highest BCUT2D eigenvalue weighted by atomic mass is 35.5. The van der Waals surface area contributed by atoms with Crippen molar-refractivity contribution >= 4 is 118 Å². The van der Waals surface area contributed by atoms with Crippen molar-refractivity contribution in [1.29, 1.82) is 0 Å². The van der Waals surface area contributed by atoms with Gasteiger partial charge in [-0.25, -0.2) is 82.2 Å². The molecule has 5 unspecified atom stereocenters. The molecule has 0 amide bonds. The van der Waals surface area contributed by atoms with Gasteiger partial charge in [0.05, 0.1) is 61.4 Å². The van der Waals surface area contributed by atoms with E-state index >= 15 is 0 Å². The number of aliphatic hydroxyl groups is 3. The van der Waals surface area contributed by atoms with E-state index in [1.54, 1.807) is 54.6 Å². The summed E-state index contributed by atoms with van der Waals surface area (Å²) in [5, 5.41) is 45.6. The molecule has 0 bridgehead atoms. The molecule has 0 aliphatic heterocycles. The van der Waals surface area contributed by atoms with Crippen LogP contribution < -0.4 is 21.3 Å². The van der Waals surface area contributed by atoms with Gasteiger partial charge >= 0.3 is 0 Å². The number of carbonyl (C=O) groups excluding carboxylic acids is 1. The van der Waals surface area contributed by atoms with Gasteiger partial charge in [-0.05, 0) is 183 Å². The van der Waals surface area contributed by atoms with Crippen LogP contribution in [0.25, 0.3) is 44.8 Å². The molecule has 34 heteroatoms. The number of halogens is 8. The molecular formula is C77H82Cl4F4N16O8S2. The summed E-state index contributed by atoms with van der Waals surface area (Å²) in [5.74, 6) is -1.88. The number of nitrogens with zero attached hydrogens (tertiary/aromatic N) is 12. The van der Waals surface area contributed by atoms with Crippen molar-refractivity contribution in [3.05, 3.63) is 203 Å². The molecule has 4 aliphatic rings. The van der Waals surface area contributed by atoms with Crippen molar-refractivity contribution < 1.29 is 54.5 Å². The Hall–Kier alpha value is -9.11. The van der Waals surface area contributed by atoms with Crippen molar-refractivity contribution in [2.45, 2.75) is 187 Å². The first-order valence-corrected chi connectivity index (χ1v) is 40.2. The number of pyridine rings is 2. The highest BCUT2D eigenvalue weighted by molar-refractivity contribution is 7.90. The molecule has 24 nitrogen and oxygen atoms in total. The zero-order chi connectivity index (χ0) is 79.6. The fourth-order valence-electron chi connectivity index (χ4n) is 14.2. The Kier molecular flexibility index (Phi) is 26.7. The maximum Gasteiger partial charge on any atom is 0.269 e. The van der Waals surface area contributed by atoms with Gasteiger partial charge in [-0.3, -0.25) is 4.79 Å². The fourth-order valence-corrected chi connectivity index (χ4v) is 17.5. The van der Waals surface area contributed by atoms with Crippen LogP contribution in [0, 0.1) is 37.1 Å². The Bertz CT molecular complexity index is 5070. The third kappa shape index (κ3) is 20.6. The summed E-state index contributed by atoms with van der Waals surface area (Å²) in [4.78, 5) is 51.7. The number of nitrogens with one attached hydrogen (secondary N) is 4. The molecule has 4 aliphatic carbocycles. The Morgan fingerprint density at radius 2 is 0.820 bits per heavy atom. The lowest BCUT2D eigenvalue weighted by Gasteiger charge is -2.36. The smallest absolute Gasteiger partial charge is 0.269 e. The molecule has 111 heavy (non-hydrogen) atoms. The van der Waals surface area contributed by atoms with Crippen molar-refractivity contribution in [2.75, 3.05) is 21.3 Å². The van der Waals surface area contributed by atoms with E-state index in [4.69, 9.17) is 46.4 Å². The molecule has 14 rings (SSSR count). The number of fused-ring (bicyclic) bond motifs is 2. The number of aromatic nitrogens is 12. The summed E-state index contributed by atoms with van der Waals surface area (Å²) in [5.41, 5.74) is 0.254. The van der Waals surface area contributed by atoms with Gasteiger partial charge < -0.3 is 36.6 Å². The van der Waals surface area contributed by atoms with E-state index in [9.17, 15) is 54.5 Å². The number of rotatable bonds is 20. The predicted molar refractivity (Wildman–Crippen MR) is 421 cm³/mol. The van der Waals surface area contributed by atoms with E-state index in [-0.39, 0.29) is 96.5 Å². The molecule has 0 saturated heterocycles. The summed E-state index contributed by atoms with van der Waals surface area (Å²) in [6.07, 6.45) is 27.0. The number of anilines is 4. The van der Waals surface area contributed by atoms with Gasteiger partial charge in [-0.2, -0.15) is 9.97 Å².